The Morgan fingerprint density at radius 2 is 2.04 bits per heavy atom. The van der Waals surface area contributed by atoms with Crippen LogP contribution in [0.25, 0.3) is 6.08 Å². The van der Waals surface area contributed by atoms with Gasteiger partial charge >= 0.3 is 0 Å². The van der Waals surface area contributed by atoms with E-state index in [0.29, 0.717) is 27.5 Å². The standard InChI is InChI=1S/C18H16ClN3OS/c1-3-22-17(23)15(11-13-8-4-5-9-14(13)19)24-18(22)21-16-10-6-7-12(2)20-16/h4-11H,3H2,1-2H3/b15-11-,21-18+. The van der Waals surface area contributed by atoms with Crippen molar-refractivity contribution < 1.29 is 4.79 Å². The molecule has 2 heterocycles. The van der Waals surface area contributed by atoms with E-state index in [0.717, 1.165) is 11.3 Å². The molecule has 122 valence electrons. The minimum atomic E-state index is -0.0613. The number of aryl methyl sites for hydroxylation is 1. The monoisotopic (exact) mass is 357 g/mol. The molecule has 3 rings (SSSR count). The summed E-state index contributed by atoms with van der Waals surface area (Å²) in [4.78, 5) is 23.8. The average Bonchev–Trinajstić information content (AvgIpc) is 2.84. The molecule has 6 heteroatoms. The molecule has 1 aliphatic heterocycles. The van der Waals surface area contributed by atoms with Gasteiger partial charge in [-0.25, -0.2) is 9.98 Å². The highest BCUT2D eigenvalue weighted by molar-refractivity contribution is 8.18. The van der Waals surface area contributed by atoms with Gasteiger partial charge in [0.1, 0.15) is 0 Å². The van der Waals surface area contributed by atoms with Crippen LogP contribution in [-0.4, -0.2) is 27.5 Å². The maximum Gasteiger partial charge on any atom is 0.266 e. The Hall–Kier alpha value is -2.11. The first kappa shape index (κ1) is 16.7. The minimum Gasteiger partial charge on any atom is -0.287 e. The number of rotatable bonds is 3. The lowest BCUT2D eigenvalue weighted by molar-refractivity contribution is -0.122. The summed E-state index contributed by atoms with van der Waals surface area (Å²) in [6, 6.07) is 13.1. The number of hydrogen-bond acceptors (Lipinski definition) is 4. The number of pyridine rings is 1. The molecule has 24 heavy (non-hydrogen) atoms. The van der Waals surface area contributed by atoms with Crippen LogP contribution in [0.4, 0.5) is 5.82 Å². The zero-order valence-corrected chi connectivity index (χ0v) is 14.9. The lowest BCUT2D eigenvalue weighted by atomic mass is 10.2. The van der Waals surface area contributed by atoms with Gasteiger partial charge in [0, 0.05) is 17.3 Å². The molecular weight excluding hydrogens is 342 g/mol. The second-order valence-electron chi connectivity index (χ2n) is 5.21. The molecule has 0 unspecified atom stereocenters. The first-order valence-corrected chi connectivity index (χ1v) is 8.76. The number of likely N-dealkylation sites (N-methyl/N-ethyl adjacent to an activating group) is 1. The lowest BCUT2D eigenvalue weighted by Crippen LogP contribution is -2.28. The van der Waals surface area contributed by atoms with Crippen molar-refractivity contribution in [2.75, 3.05) is 6.54 Å². The van der Waals surface area contributed by atoms with Crippen molar-refractivity contribution in [2.24, 2.45) is 4.99 Å². The minimum absolute atomic E-state index is 0.0613. The molecule has 0 saturated carbocycles. The number of carbonyl (C=O) groups is 1. The highest BCUT2D eigenvalue weighted by atomic mass is 35.5. The number of nitrogens with zero attached hydrogens (tertiary/aromatic N) is 3. The van der Waals surface area contributed by atoms with Crippen molar-refractivity contribution in [3.8, 4) is 0 Å². The summed E-state index contributed by atoms with van der Waals surface area (Å²) in [5.41, 5.74) is 1.71. The molecule has 1 saturated heterocycles. The van der Waals surface area contributed by atoms with Crippen LogP contribution in [0.1, 0.15) is 18.2 Å². The van der Waals surface area contributed by atoms with E-state index in [1.54, 1.807) is 11.0 Å². The Balaban J connectivity index is 1.96. The third kappa shape index (κ3) is 3.52. The first-order valence-electron chi connectivity index (χ1n) is 7.57. The normalized spacial score (nSPS) is 18.0. The van der Waals surface area contributed by atoms with Crippen molar-refractivity contribution in [2.45, 2.75) is 13.8 Å². The van der Waals surface area contributed by atoms with Gasteiger partial charge in [0.25, 0.3) is 5.91 Å². The Bertz CT molecular complexity index is 848. The predicted molar refractivity (Wildman–Crippen MR) is 100 cm³/mol. The van der Waals surface area contributed by atoms with Crippen molar-refractivity contribution >= 4 is 46.3 Å². The van der Waals surface area contributed by atoms with Crippen LogP contribution >= 0.6 is 23.4 Å². The molecule has 2 aromatic rings. The Morgan fingerprint density at radius 1 is 1.25 bits per heavy atom. The van der Waals surface area contributed by atoms with Gasteiger partial charge in [0.2, 0.25) is 0 Å². The quantitative estimate of drug-likeness (QED) is 0.750. The molecule has 0 radical (unpaired) electrons. The largest absolute Gasteiger partial charge is 0.287 e. The van der Waals surface area contributed by atoms with Gasteiger partial charge in [0.15, 0.2) is 11.0 Å². The smallest absolute Gasteiger partial charge is 0.266 e. The van der Waals surface area contributed by atoms with Crippen LogP contribution in [0.3, 0.4) is 0 Å². The Labute approximate surface area is 150 Å². The van der Waals surface area contributed by atoms with E-state index in [9.17, 15) is 4.79 Å². The lowest BCUT2D eigenvalue weighted by Gasteiger charge is -2.11. The highest BCUT2D eigenvalue weighted by Crippen LogP contribution is 2.34. The van der Waals surface area contributed by atoms with Crippen LogP contribution in [0.15, 0.2) is 52.4 Å². The van der Waals surface area contributed by atoms with Crippen LogP contribution in [0.2, 0.25) is 5.02 Å². The molecule has 0 aliphatic carbocycles. The van der Waals surface area contributed by atoms with E-state index in [1.165, 1.54) is 11.8 Å². The van der Waals surface area contributed by atoms with Gasteiger partial charge in [-0.3, -0.25) is 9.69 Å². The number of carbonyl (C=O) groups excluding carboxylic acids is 1. The number of thioether (sulfide) groups is 1. The van der Waals surface area contributed by atoms with E-state index >= 15 is 0 Å². The van der Waals surface area contributed by atoms with Gasteiger partial charge in [-0.1, -0.05) is 35.9 Å². The summed E-state index contributed by atoms with van der Waals surface area (Å²) in [6.07, 6.45) is 1.81. The van der Waals surface area contributed by atoms with Gasteiger partial charge < -0.3 is 0 Å². The number of benzene rings is 1. The summed E-state index contributed by atoms with van der Waals surface area (Å²) in [7, 11) is 0. The fourth-order valence-electron chi connectivity index (χ4n) is 2.29. The van der Waals surface area contributed by atoms with Crippen LogP contribution < -0.4 is 0 Å². The third-order valence-corrected chi connectivity index (χ3v) is 4.83. The number of hydrogen-bond donors (Lipinski definition) is 0. The topological polar surface area (TPSA) is 45.6 Å². The van der Waals surface area contributed by atoms with E-state index in [4.69, 9.17) is 11.6 Å². The Kier molecular flexibility index (Phi) is 5.02. The second-order valence-corrected chi connectivity index (χ2v) is 6.63. The van der Waals surface area contributed by atoms with Gasteiger partial charge in [-0.05, 0) is 55.4 Å². The first-order chi connectivity index (χ1) is 11.6. The SMILES string of the molecule is CCN1C(=O)/C(=C/c2ccccc2Cl)S/C1=N/c1cccc(C)n1. The highest BCUT2D eigenvalue weighted by Gasteiger charge is 2.32. The Morgan fingerprint density at radius 3 is 2.75 bits per heavy atom. The van der Waals surface area contributed by atoms with Gasteiger partial charge in [-0.2, -0.15) is 0 Å². The van der Waals surface area contributed by atoms with Crippen molar-refractivity contribution in [3.63, 3.8) is 0 Å². The van der Waals surface area contributed by atoms with E-state index in [-0.39, 0.29) is 5.91 Å². The summed E-state index contributed by atoms with van der Waals surface area (Å²) in [5, 5.41) is 1.26. The molecule has 1 aromatic carbocycles. The zero-order valence-electron chi connectivity index (χ0n) is 13.4. The zero-order chi connectivity index (χ0) is 17.1. The summed E-state index contributed by atoms with van der Waals surface area (Å²) >= 11 is 7.53. The second kappa shape index (κ2) is 7.20. The molecule has 0 atom stereocenters. The van der Waals surface area contributed by atoms with E-state index < -0.39 is 0 Å². The number of aliphatic imine (C=N–C) groups is 1. The molecule has 1 fully saturated rings. The molecule has 4 nitrogen and oxygen atoms in total. The third-order valence-electron chi connectivity index (χ3n) is 3.48. The van der Waals surface area contributed by atoms with Crippen LogP contribution in [0.5, 0.6) is 0 Å². The van der Waals surface area contributed by atoms with Crippen molar-refractivity contribution in [1.82, 2.24) is 9.88 Å². The summed E-state index contributed by atoms with van der Waals surface area (Å²) in [6.45, 7) is 4.39. The maximum atomic E-state index is 12.6. The van der Waals surface area contributed by atoms with Crippen molar-refractivity contribution in [1.29, 1.82) is 0 Å². The molecule has 1 aliphatic rings. The molecule has 0 N–H and O–H groups in total. The predicted octanol–water partition coefficient (Wildman–Crippen LogP) is 4.67. The van der Waals surface area contributed by atoms with Crippen LogP contribution in [0, 0.1) is 6.92 Å². The summed E-state index contributed by atoms with van der Waals surface area (Å²) in [5.74, 6) is 0.538. The van der Waals surface area contributed by atoms with E-state index in [1.807, 2.05) is 56.3 Å². The fourth-order valence-corrected chi connectivity index (χ4v) is 3.52. The molecule has 0 spiro atoms. The van der Waals surface area contributed by atoms with Crippen LogP contribution in [-0.2, 0) is 4.79 Å². The average molecular weight is 358 g/mol. The van der Waals surface area contributed by atoms with E-state index in [2.05, 4.69) is 9.98 Å². The maximum absolute atomic E-state index is 12.6. The fraction of sp³-hybridized carbons (Fsp3) is 0.167. The number of halogens is 1. The van der Waals surface area contributed by atoms with Crippen molar-refractivity contribution in [3.05, 3.63) is 63.6 Å². The molecule has 1 aromatic heterocycles. The molecule has 0 bridgehead atoms. The summed E-state index contributed by atoms with van der Waals surface area (Å²) < 4.78 is 0. The molecule has 1 amide bonds. The number of aromatic nitrogens is 1. The van der Waals surface area contributed by atoms with Gasteiger partial charge in [0.05, 0.1) is 4.91 Å². The molecular formula is C18H16ClN3OS. The number of amidine groups is 1. The van der Waals surface area contributed by atoms with Gasteiger partial charge in [-0.15, -0.1) is 0 Å². The number of amides is 1.